The first kappa shape index (κ1) is 26.3. The maximum Gasteiger partial charge on any atom is 0.338 e. The molecule has 2 aliphatic heterocycles. The first-order valence-corrected chi connectivity index (χ1v) is 13.7. The molecule has 0 amide bonds. The largest absolute Gasteiger partial charge is 0.451 e. The summed E-state index contributed by atoms with van der Waals surface area (Å²) < 4.78 is 39.7. The zero-order valence-corrected chi connectivity index (χ0v) is 22.2. The highest BCUT2D eigenvalue weighted by atomic mass is 19.1. The van der Waals surface area contributed by atoms with Gasteiger partial charge in [-0.25, -0.2) is 18.6 Å². The number of aryl methyl sites for hydroxylation is 1. The maximum absolute atomic E-state index is 13.6. The van der Waals surface area contributed by atoms with Gasteiger partial charge in [0.05, 0.1) is 11.3 Å². The summed E-state index contributed by atoms with van der Waals surface area (Å²) in [5, 5.41) is 5.09. The Bertz CT molecular complexity index is 1620. The number of esters is 1. The van der Waals surface area contributed by atoms with Crippen molar-refractivity contribution < 1.29 is 22.8 Å². The second kappa shape index (κ2) is 10.9. The summed E-state index contributed by atoms with van der Waals surface area (Å²) in [6.45, 7) is 4.78. The summed E-state index contributed by atoms with van der Waals surface area (Å²) in [5.41, 5.74) is 2.70. The van der Waals surface area contributed by atoms with E-state index >= 15 is 0 Å². The minimum Gasteiger partial charge on any atom is -0.451 e. The van der Waals surface area contributed by atoms with Gasteiger partial charge in [-0.1, -0.05) is 11.2 Å². The lowest BCUT2D eigenvalue weighted by atomic mass is 9.91. The average molecular weight is 549 g/mol. The topological polar surface area (TPSA) is 90.5 Å². The maximum atomic E-state index is 13.6. The number of carbonyl (C=O) groups excluding carboxylic acids is 1. The fourth-order valence-electron chi connectivity index (χ4n) is 5.88. The lowest BCUT2D eigenvalue weighted by Gasteiger charge is -2.31. The molecule has 0 bridgehead atoms. The number of hydrogen-bond donors (Lipinski definition) is 0. The van der Waals surface area contributed by atoms with E-state index in [4.69, 9.17) is 14.2 Å². The van der Waals surface area contributed by atoms with Gasteiger partial charge in [-0.2, -0.15) is 0 Å². The third kappa shape index (κ3) is 5.15. The van der Waals surface area contributed by atoms with Crippen LogP contribution in [0.2, 0.25) is 0 Å². The van der Waals surface area contributed by atoms with Gasteiger partial charge in [0, 0.05) is 41.7 Å². The third-order valence-electron chi connectivity index (χ3n) is 8.06. The van der Waals surface area contributed by atoms with Crippen LogP contribution < -0.4 is 5.56 Å². The average Bonchev–Trinajstić information content (AvgIpc) is 3.37. The van der Waals surface area contributed by atoms with E-state index in [1.165, 1.54) is 30.3 Å². The van der Waals surface area contributed by atoms with E-state index in [0.29, 0.717) is 48.5 Å². The summed E-state index contributed by atoms with van der Waals surface area (Å²) in [4.78, 5) is 33.2. The fourth-order valence-corrected chi connectivity index (χ4v) is 5.88. The van der Waals surface area contributed by atoms with Crippen molar-refractivity contribution in [1.29, 1.82) is 0 Å². The van der Waals surface area contributed by atoms with Gasteiger partial charge >= 0.3 is 5.97 Å². The van der Waals surface area contributed by atoms with Gasteiger partial charge in [0.2, 0.25) is 0 Å². The Labute approximate surface area is 229 Å². The van der Waals surface area contributed by atoms with E-state index in [1.807, 2.05) is 6.92 Å². The van der Waals surface area contributed by atoms with E-state index in [1.54, 1.807) is 10.6 Å². The molecule has 2 aromatic carbocycles. The molecule has 208 valence electrons. The van der Waals surface area contributed by atoms with Crippen molar-refractivity contribution in [1.82, 2.24) is 19.6 Å². The van der Waals surface area contributed by atoms with Crippen molar-refractivity contribution in [3.63, 3.8) is 0 Å². The summed E-state index contributed by atoms with van der Waals surface area (Å²) in [6, 6.07) is 9.89. The van der Waals surface area contributed by atoms with Gasteiger partial charge in [-0.15, -0.1) is 0 Å². The summed E-state index contributed by atoms with van der Waals surface area (Å²) in [6.07, 6.45) is 2.94. The number of aromatic nitrogens is 3. The van der Waals surface area contributed by atoms with Gasteiger partial charge in [-0.3, -0.25) is 9.36 Å². The molecule has 40 heavy (non-hydrogen) atoms. The number of rotatable bonds is 6. The second-order valence-corrected chi connectivity index (χ2v) is 10.6. The fraction of sp³-hybridized carbons (Fsp3) is 0.400. The molecule has 6 rings (SSSR count). The number of nitrogens with zero attached hydrogens (tertiary/aromatic N) is 4. The molecule has 0 spiro atoms. The van der Waals surface area contributed by atoms with Crippen LogP contribution in [-0.2, 0) is 17.7 Å². The van der Waals surface area contributed by atoms with E-state index in [-0.39, 0.29) is 22.9 Å². The Morgan fingerprint density at radius 2 is 1.88 bits per heavy atom. The molecule has 1 fully saturated rings. The summed E-state index contributed by atoms with van der Waals surface area (Å²) >= 11 is 0. The molecule has 0 aliphatic carbocycles. The van der Waals surface area contributed by atoms with Crippen LogP contribution in [0.5, 0.6) is 0 Å². The number of piperidine rings is 1. The highest BCUT2D eigenvalue weighted by molar-refractivity contribution is 5.89. The van der Waals surface area contributed by atoms with Gasteiger partial charge in [-0.05, 0) is 82.4 Å². The van der Waals surface area contributed by atoms with Crippen molar-refractivity contribution >= 4 is 16.9 Å². The molecule has 0 N–H and O–H groups in total. The van der Waals surface area contributed by atoms with Crippen LogP contribution in [0.3, 0.4) is 0 Å². The normalized spacial score (nSPS) is 18.1. The number of benzene rings is 2. The number of hydrogen-bond acceptors (Lipinski definition) is 7. The molecular formula is C30H30F2N4O4. The van der Waals surface area contributed by atoms with Crippen LogP contribution in [0, 0.1) is 18.6 Å². The quantitative estimate of drug-likeness (QED) is 0.310. The molecule has 1 unspecified atom stereocenters. The minimum atomic E-state index is -0.659. The van der Waals surface area contributed by atoms with Crippen LogP contribution in [0.15, 0.2) is 51.8 Å². The number of carbonyl (C=O) groups is 1. The number of halogens is 2. The van der Waals surface area contributed by atoms with E-state index < -0.39 is 17.9 Å². The van der Waals surface area contributed by atoms with Gasteiger partial charge < -0.3 is 14.2 Å². The monoisotopic (exact) mass is 548 g/mol. The molecule has 10 heteroatoms. The third-order valence-corrected chi connectivity index (χ3v) is 8.06. The van der Waals surface area contributed by atoms with Crippen LogP contribution in [0.25, 0.3) is 11.0 Å². The van der Waals surface area contributed by atoms with Crippen molar-refractivity contribution in [2.45, 2.75) is 57.6 Å². The minimum absolute atomic E-state index is 0.0924. The molecule has 1 atom stereocenters. The van der Waals surface area contributed by atoms with Crippen molar-refractivity contribution in [2.75, 3.05) is 19.6 Å². The molecule has 4 heterocycles. The van der Waals surface area contributed by atoms with Gasteiger partial charge in [0.15, 0.2) is 17.5 Å². The van der Waals surface area contributed by atoms with Crippen LogP contribution >= 0.6 is 0 Å². The Morgan fingerprint density at radius 1 is 1.07 bits per heavy atom. The standard InChI is InChI=1S/C30H30F2N4O4/c1-18-23(11-15-35-13-9-19(10-14-35)27-24-8-7-22(32)17-26(24)40-34-27)29(37)36-12-3-6-25(28(36)33-18)39-30(38)20-4-2-5-21(31)16-20/h2,4-5,7-8,16-17,19,25H,3,6,9-15H2,1H3. The van der Waals surface area contributed by atoms with E-state index in [2.05, 4.69) is 10.1 Å². The smallest absolute Gasteiger partial charge is 0.338 e. The second-order valence-electron chi connectivity index (χ2n) is 10.6. The molecule has 8 nitrogen and oxygen atoms in total. The molecule has 2 aromatic heterocycles. The van der Waals surface area contributed by atoms with Crippen molar-refractivity contribution in [3.8, 4) is 0 Å². The van der Waals surface area contributed by atoms with Gasteiger partial charge in [0.1, 0.15) is 11.6 Å². The lowest BCUT2D eigenvalue weighted by Crippen LogP contribution is -2.38. The Kier molecular flexibility index (Phi) is 7.18. The Hall–Kier alpha value is -3.92. The summed E-state index contributed by atoms with van der Waals surface area (Å²) in [7, 11) is 0. The first-order valence-electron chi connectivity index (χ1n) is 13.7. The molecule has 2 aliphatic rings. The zero-order chi connectivity index (χ0) is 27.8. The van der Waals surface area contributed by atoms with Crippen LogP contribution in [0.4, 0.5) is 8.78 Å². The zero-order valence-electron chi connectivity index (χ0n) is 22.2. The number of likely N-dealkylation sites (tertiary alicyclic amines) is 1. The Balaban J connectivity index is 1.11. The summed E-state index contributed by atoms with van der Waals surface area (Å²) in [5.74, 6) is -0.798. The molecule has 0 saturated carbocycles. The predicted octanol–water partition coefficient (Wildman–Crippen LogP) is 5.09. The van der Waals surface area contributed by atoms with Crippen molar-refractivity contribution in [2.24, 2.45) is 0 Å². The lowest BCUT2D eigenvalue weighted by molar-refractivity contribution is 0.0199. The highest BCUT2D eigenvalue weighted by Crippen LogP contribution is 2.33. The molecular weight excluding hydrogens is 518 g/mol. The van der Waals surface area contributed by atoms with E-state index in [9.17, 15) is 18.4 Å². The first-order chi connectivity index (χ1) is 19.4. The van der Waals surface area contributed by atoms with Gasteiger partial charge in [0.25, 0.3) is 5.56 Å². The van der Waals surface area contributed by atoms with Crippen LogP contribution in [-0.4, -0.2) is 45.2 Å². The predicted molar refractivity (Wildman–Crippen MR) is 143 cm³/mol. The van der Waals surface area contributed by atoms with Crippen LogP contribution in [0.1, 0.15) is 70.8 Å². The SMILES string of the molecule is Cc1nc2n(c(=O)c1CCN1CCC(c3noc4cc(F)ccc34)CC1)CCCC2OC(=O)c1cccc(F)c1. The van der Waals surface area contributed by atoms with Crippen molar-refractivity contribution in [3.05, 3.63) is 92.8 Å². The highest BCUT2D eigenvalue weighted by Gasteiger charge is 2.29. The molecule has 4 aromatic rings. The number of ether oxygens (including phenoxy) is 1. The molecule has 0 radical (unpaired) electrons. The van der Waals surface area contributed by atoms with E-state index in [0.717, 1.165) is 49.6 Å². The number of fused-ring (bicyclic) bond motifs is 2. The Morgan fingerprint density at radius 3 is 2.67 bits per heavy atom. The molecule has 1 saturated heterocycles.